The number of hydrogen-bond acceptors (Lipinski definition) is 2. The van der Waals surface area contributed by atoms with Crippen molar-refractivity contribution in [1.29, 1.82) is 0 Å². The first-order valence-electron chi connectivity index (χ1n) is 4.84. The SMILES string of the molecule is C=C(C)CCC(=O)CSC(C)CC. The number of allylic oxidation sites excluding steroid dienone is 1. The third-order valence-electron chi connectivity index (χ3n) is 1.93. The Bertz CT molecular complexity index is 175. The largest absolute Gasteiger partial charge is 0.299 e. The van der Waals surface area contributed by atoms with Crippen molar-refractivity contribution in [1.82, 2.24) is 0 Å². The fourth-order valence-corrected chi connectivity index (χ4v) is 1.63. The standard InChI is InChI=1S/C11H20OS/c1-5-10(4)13-8-11(12)7-6-9(2)3/h10H,2,5-8H2,1,3-4H3. The lowest BCUT2D eigenvalue weighted by molar-refractivity contribution is -0.116. The molecule has 0 amide bonds. The Balaban J connectivity index is 3.46. The lowest BCUT2D eigenvalue weighted by atomic mass is 10.1. The molecule has 0 N–H and O–H groups in total. The van der Waals surface area contributed by atoms with E-state index < -0.39 is 0 Å². The van der Waals surface area contributed by atoms with E-state index in [0.717, 1.165) is 18.4 Å². The Kier molecular flexibility index (Phi) is 7.06. The maximum absolute atomic E-state index is 11.3. The Morgan fingerprint density at radius 1 is 1.46 bits per heavy atom. The van der Waals surface area contributed by atoms with Gasteiger partial charge in [0.05, 0.1) is 5.75 Å². The third kappa shape index (κ3) is 8.10. The van der Waals surface area contributed by atoms with E-state index in [4.69, 9.17) is 0 Å². The average Bonchev–Trinajstić information content (AvgIpc) is 2.10. The van der Waals surface area contributed by atoms with E-state index in [1.165, 1.54) is 0 Å². The summed E-state index contributed by atoms with van der Waals surface area (Å²) in [5.74, 6) is 1.02. The van der Waals surface area contributed by atoms with E-state index in [-0.39, 0.29) is 0 Å². The third-order valence-corrected chi connectivity index (χ3v) is 3.33. The molecule has 0 heterocycles. The number of rotatable bonds is 7. The minimum absolute atomic E-state index is 0.355. The Hall–Kier alpha value is -0.240. The van der Waals surface area contributed by atoms with Crippen molar-refractivity contribution in [3.8, 4) is 0 Å². The highest BCUT2D eigenvalue weighted by Crippen LogP contribution is 2.14. The van der Waals surface area contributed by atoms with Gasteiger partial charge >= 0.3 is 0 Å². The number of hydrogen-bond donors (Lipinski definition) is 0. The van der Waals surface area contributed by atoms with Gasteiger partial charge in [0.15, 0.2) is 0 Å². The van der Waals surface area contributed by atoms with Gasteiger partial charge in [-0.15, -0.1) is 6.58 Å². The minimum Gasteiger partial charge on any atom is -0.299 e. The molecule has 0 aromatic carbocycles. The van der Waals surface area contributed by atoms with Crippen LogP contribution in [-0.4, -0.2) is 16.8 Å². The van der Waals surface area contributed by atoms with Crippen LogP contribution < -0.4 is 0 Å². The van der Waals surface area contributed by atoms with Crippen LogP contribution in [0.5, 0.6) is 0 Å². The lowest BCUT2D eigenvalue weighted by Crippen LogP contribution is -2.05. The summed E-state index contributed by atoms with van der Waals surface area (Å²) in [6.45, 7) is 10.1. The zero-order valence-corrected chi connectivity index (χ0v) is 9.75. The van der Waals surface area contributed by atoms with Gasteiger partial charge in [-0.3, -0.25) is 4.79 Å². The predicted octanol–water partition coefficient (Wildman–Crippen LogP) is 3.44. The zero-order chi connectivity index (χ0) is 10.3. The fraction of sp³-hybridized carbons (Fsp3) is 0.727. The first-order valence-corrected chi connectivity index (χ1v) is 5.88. The summed E-state index contributed by atoms with van der Waals surface area (Å²) >= 11 is 1.76. The monoisotopic (exact) mass is 200 g/mol. The molecule has 1 atom stereocenters. The number of carbonyl (C=O) groups is 1. The van der Waals surface area contributed by atoms with Crippen molar-refractivity contribution in [3.63, 3.8) is 0 Å². The summed E-state index contributed by atoms with van der Waals surface area (Å²) in [5.41, 5.74) is 1.10. The quantitative estimate of drug-likeness (QED) is 0.586. The van der Waals surface area contributed by atoms with Crippen LogP contribution in [0.2, 0.25) is 0 Å². The molecule has 0 radical (unpaired) electrons. The zero-order valence-electron chi connectivity index (χ0n) is 8.93. The highest BCUT2D eigenvalue weighted by Gasteiger charge is 2.05. The Labute approximate surface area is 86.0 Å². The summed E-state index contributed by atoms with van der Waals surface area (Å²) in [6, 6.07) is 0. The van der Waals surface area contributed by atoms with Crippen LogP contribution in [0, 0.1) is 0 Å². The topological polar surface area (TPSA) is 17.1 Å². The molecule has 76 valence electrons. The normalized spacial score (nSPS) is 12.5. The van der Waals surface area contributed by atoms with E-state index in [9.17, 15) is 4.79 Å². The van der Waals surface area contributed by atoms with E-state index in [1.54, 1.807) is 11.8 Å². The van der Waals surface area contributed by atoms with Crippen LogP contribution in [0.1, 0.15) is 40.0 Å². The molecule has 1 unspecified atom stereocenters. The second kappa shape index (κ2) is 7.19. The number of thioether (sulfide) groups is 1. The molecule has 1 nitrogen and oxygen atoms in total. The van der Waals surface area contributed by atoms with Gasteiger partial charge in [-0.2, -0.15) is 11.8 Å². The highest BCUT2D eigenvalue weighted by atomic mass is 32.2. The minimum atomic E-state index is 0.355. The molecule has 0 aliphatic heterocycles. The van der Waals surface area contributed by atoms with Gasteiger partial charge in [-0.1, -0.05) is 19.4 Å². The molecule has 2 heteroatoms. The summed E-state index contributed by atoms with van der Waals surface area (Å²) < 4.78 is 0. The molecular weight excluding hydrogens is 180 g/mol. The molecule has 0 saturated heterocycles. The molecule has 0 aliphatic carbocycles. The van der Waals surface area contributed by atoms with Gasteiger partial charge in [-0.05, 0) is 19.8 Å². The summed E-state index contributed by atoms with van der Waals surface area (Å²) in [6.07, 6.45) is 2.65. The van der Waals surface area contributed by atoms with E-state index in [0.29, 0.717) is 23.2 Å². The summed E-state index contributed by atoms with van der Waals surface area (Å²) in [4.78, 5) is 11.3. The second-order valence-corrected chi connectivity index (χ2v) is 4.95. The van der Waals surface area contributed by atoms with E-state index in [1.807, 2.05) is 6.92 Å². The van der Waals surface area contributed by atoms with Gasteiger partial charge in [0.2, 0.25) is 0 Å². The molecule has 13 heavy (non-hydrogen) atoms. The van der Waals surface area contributed by atoms with E-state index in [2.05, 4.69) is 20.4 Å². The van der Waals surface area contributed by atoms with Crippen LogP contribution in [0.3, 0.4) is 0 Å². The van der Waals surface area contributed by atoms with Gasteiger partial charge in [0.1, 0.15) is 5.78 Å². The number of Topliss-reactive ketones (excluding diaryl/α,β-unsaturated/α-hetero) is 1. The van der Waals surface area contributed by atoms with Gasteiger partial charge in [0, 0.05) is 11.7 Å². The molecule has 0 bridgehead atoms. The van der Waals surface area contributed by atoms with Crippen LogP contribution >= 0.6 is 11.8 Å². The van der Waals surface area contributed by atoms with Crippen LogP contribution in [0.4, 0.5) is 0 Å². The predicted molar refractivity (Wildman–Crippen MR) is 61.3 cm³/mol. The van der Waals surface area contributed by atoms with Crippen molar-refractivity contribution in [2.45, 2.75) is 45.3 Å². The smallest absolute Gasteiger partial charge is 0.143 e. The lowest BCUT2D eigenvalue weighted by Gasteiger charge is -2.06. The highest BCUT2D eigenvalue weighted by molar-refractivity contribution is 8.00. The maximum atomic E-state index is 11.3. The van der Waals surface area contributed by atoms with Crippen molar-refractivity contribution in [2.24, 2.45) is 0 Å². The first-order chi connectivity index (χ1) is 6.06. The molecule has 0 aromatic rings. The van der Waals surface area contributed by atoms with Gasteiger partial charge in [0.25, 0.3) is 0 Å². The van der Waals surface area contributed by atoms with E-state index >= 15 is 0 Å². The first kappa shape index (κ1) is 12.8. The fourth-order valence-electron chi connectivity index (χ4n) is 0.778. The van der Waals surface area contributed by atoms with Crippen molar-refractivity contribution >= 4 is 17.5 Å². The maximum Gasteiger partial charge on any atom is 0.143 e. The molecule has 0 fully saturated rings. The summed E-state index contributed by atoms with van der Waals surface area (Å²) in [7, 11) is 0. The molecule has 0 saturated carbocycles. The van der Waals surface area contributed by atoms with Crippen LogP contribution in [-0.2, 0) is 4.79 Å². The number of carbonyl (C=O) groups excluding carboxylic acids is 1. The van der Waals surface area contributed by atoms with Crippen molar-refractivity contribution < 1.29 is 4.79 Å². The Morgan fingerprint density at radius 3 is 2.54 bits per heavy atom. The Morgan fingerprint density at radius 2 is 2.08 bits per heavy atom. The van der Waals surface area contributed by atoms with Crippen molar-refractivity contribution in [3.05, 3.63) is 12.2 Å². The second-order valence-electron chi connectivity index (χ2n) is 3.53. The average molecular weight is 200 g/mol. The molecular formula is C11H20OS. The van der Waals surface area contributed by atoms with Crippen molar-refractivity contribution in [2.75, 3.05) is 5.75 Å². The van der Waals surface area contributed by atoms with Crippen LogP contribution in [0.25, 0.3) is 0 Å². The molecule has 0 aromatic heterocycles. The van der Waals surface area contributed by atoms with Gasteiger partial charge < -0.3 is 0 Å². The molecule has 0 aliphatic rings. The number of ketones is 1. The van der Waals surface area contributed by atoms with Crippen LogP contribution in [0.15, 0.2) is 12.2 Å². The summed E-state index contributed by atoms with van der Waals surface area (Å²) in [5, 5.41) is 0.605. The van der Waals surface area contributed by atoms with Gasteiger partial charge in [-0.25, -0.2) is 0 Å². The molecule has 0 spiro atoms. The molecule has 0 rings (SSSR count).